The Balaban J connectivity index is 1.35. The number of aromatic nitrogens is 3. The molecule has 0 unspecified atom stereocenters. The number of pyridine rings is 2. The zero-order valence-corrected chi connectivity index (χ0v) is 26.9. The first kappa shape index (κ1) is 32.6. The number of urea groups is 1. The number of methoxy groups -OCH3 is 2. The summed E-state index contributed by atoms with van der Waals surface area (Å²) in [6, 6.07) is 33.6. The lowest BCUT2D eigenvalue weighted by Crippen LogP contribution is -2.53. The highest BCUT2D eigenvalue weighted by Gasteiger charge is 2.40. The summed E-state index contributed by atoms with van der Waals surface area (Å²) in [6.45, 7) is 0. The highest BCUT2D eigenvalue weighted by atomic mass is 16.5. The predicted molar refractivity (Wildman–Crippen MR) is 185 cm³/mol. The van der Waals surface area contributed by atoms with Crippen molar-refractivity contribution in [2.24, 2.45) is 0 Å². The fourth-order valence-electron chi connectivity index (χ4n) is 6.01. The third-order valence-corrected chi connectivity index (χ3v) is 8.27. The molecule has 1 atom stereocenters. The van der Waals surface area contributed by atoms with Crippen LogP contribution in [-0.2, 0) is 26.2 Å². The lowest BCUT2D eigenvalue weighted by Gasteiger charge is -2.39. The highest BCUT2D eigenvalue weighted by molar-refractivity contribution is 6.06. The summed E-state index contributed by atoms with van der Waals surface area (Å²) in [5.41, 5.74) is 3.87. The normalized spacial score (nSPS) is 11.8. The quantitative estimate of drug-likeness (QED) is 0.117. The number of esters is 2. The Kier molecular flexibility index (Phi) is 9.73. The van der Waals surface area contributed by atoms with E-state index >= 15 is 0 Å². The van der Waals surface area contributed by atoms with E-state index in [9.17, 15) is 14.4 Å². The number of fused-ring (bicyclic) bond motifs is 1. The van der Waals surface area contributed by atoms with Crippen molar-refractivity contribution in [2.45, 2.75) is 18.0 Å². The Bertz CT molecular complexity index is 1970. The minimum absolute atomic E-state index is 0.160. The SMILES string of the molecule is COC(=O)c1ccncc1NC(=O)Nc1ccc(C[C@H](NC(c2ccccc2)(c2ccccc2)c2ccccc2)C(=O)OC)n2ccnc12. The molecule has 6 rings (SSSR count). The zero-order chi connectivity index (χ0) is 34.2. The summed E-state index contributed by atoms with van der Waals surface area (Å²) in [7, 11) is 2.63. The van der Waals surface area contributed by atoms with Crippen LogP contribution in [0, 0.1) is 0 Å². The average molecular weight is 655 g/mol. The smallest absolute Gasteiger partial charge is 0.340 e. The number of amides is 2. The van der Waals surface area contributed by atoms with Gasteiger partial charge in [0.15, 0.2) is 5.65 Å². The number of carbonyl (C=O) groups excluding carboxylic acids is 3. The number of imidazole rings is 1. The van der Waals surface area contributed by atoms with E-state index in [0.717, 1.165) is 22.4 Å². The number of nitrogens with zero attached hydrogens (tertiary/aromatic N) is 3. The van der Waals surface area contributed by atoms with Gasteiger partial charge in [-0.1, -0.05) is 91.0 Å². The molecule has 246 valence electrons. The Morgan fingerprint density at radius 2 is 1.33 bits per heavy atom. The minimum atomic E-state index is -0.925. The Morgan fingerprint density at radius 1 is 0.735 bits per heavy atom. The van der Waals surface area contributed by atoms with Gasteiger partial charge >= 0.3 is 18.0 Å². The van der Waals surface area contributed by atoms with E-state index in [1.807, 2.05) is 101 Å². The second-order valence-electron chi connectivity index (χ2n) is 11.1. The van der Waals surface area contributed by atoms with Crippen molar-refractivity contribution in [1.82, 2.24) is 19.7 Å². The maximum atomic E-state index is 13.6. The van der Waals surface area contributed by atoms with Crippen molar-refractivity contribution in [3.8, 4) is 0 Å². The van der Waals surface area contributed by atoms with Crippen LogP contribution in [-0.4, -0.2) is 52.6 Å². The van der Waals surface area contributed by atoms with E-state index in [0.29, 0.717) is 11.3 Å². The van der Waals surface area contributed by atoms with Crippen molar-refractivity contribution in [3.63, 3.8) is 0 Å². The third kappa shape index (κ3) is 6.74. The molecular weight excluding hydrogens is 620 g/mol. The van der Waals surface area contributed by atoms with Gasteiger partial charge in [-0.2, -0.15) is 0 Å². The van der Waals surface area contributed by atoms with Crippen LogP contribution in [0.5, 0.6) is 0 Å². The van der Waals surface area contributed by atoms with E-state index in [1.54, 1.807) is 18.5 Å². The van der Waals surface area contributed by atoms with Gasteiger partial charge in [0.05, 0.1) is 42.9 Å². The molecule has 0 spiro atoms. The molecule has 0 fully saturated rings. The summed E-state index contributed by atoms with van der Waals surface area (Å²) >= 11 is 0. The van der Waals surface area contributed by atoms with E-state index in [-0.39, 0.29) is 17.7 Å². The minimum Gasteiger partial charge on any atom is -0.468 e. The number of benzene rings is 3. The lowest BCUT2D eigenvalue weighted by atomic mass is 9.76. The summed E-state index contributed by atoms with van der Waals surface area (Å²) in [4.78, 5) is 47.3. The maximum absolute atomic E-state index is 13.6. The molecule has 6 aromatic rings. The van der Waals surface area contributed by atoms with E-state index < -0.39 is 29.6 Å². The molecule has 0 aliphatic heterocycles. The average Bonchev–Trinajstić information content (AvgIpc) is 3.66. The van der Waals surface area contributed by atoms with Gasteiger partial charge in [0.1, 0.15) is 6.04 Å². The van der Waals surface area contributed by atoms with Gasteiger partial charge in [-0.15, -0.1) is 0 Å². The summed E-state index contributed by atoms with van der Waals surface area (Å²) in [5.74, 6) is -1.05. The first-order valence-electron chi connectivity index (χ1n) is 15.5. The molecule has 0 bridgehead atoms. The zero-order valence-electron chi connectivity index (χ0n) is 26.9. The molecule has 0 aliphatic carbocycles. The van der Waals surface area contributed by atoms with Crippen LogP contribution in [0.15, 0.2) is 134 Å². The number of rotatable bonds is 11. The summed E-state index contributed by atoms with van der Waals surface area (Å²) < 4.78 is 12.0. The molecule has 3 aromatic carbocycles. The summed E-state index contributed by atoms with van der Waals surface area (Å²) in [5, 5.41) is 9.19. The first-order chi connectivity index (χ1) is 23.9. The van der Waals surface area contributed by atoms with E-state index in [1.165, 1.54) is 32.7 Å². The molecule has 0 radical (unpaired) electrons. The molecule has 3 N–H and O–H groups in total. The van der Waals surface area contributed by atoms with Crippen LogP contribution in [0.4, 0.5) is 16.2 Å². The highest BCUT2D eigenvalue weighted by Crippen LogP contribution is 2.37. The molecular formula is C38H34N6O5. The molecule has 3 heterocycles. The van der Waals surface area contributed by atoms with Gasteiger partial charge in [-0.3, -0.25) is 15.1 Å². The van der Waals surface area contributed by atoms with Gasteiger partial charge in [-0.05, 0) is 34.9 Å². The van der Waals surface area contributed by atoms with Crippen molar-refractivity contribution in [3.05, 3.63) is 162 Å². The number of carbonyl (C=O) groups is 3. The van der Waals surface area contributed by atoms with Gasteiger partial charge in [0, 0.05) is 30.7 Å². The maximum Gasteiger partial charge on any atom is 0.340 e. The molecule has 2 amide bonds. The second kappa shape index (κ2) is 14.6. The van der Waals surface area contributed by atoms with Gasteiger partial charge in [-0.25, -0.2) is 14.6 Å². The largest absolute Gasteiger partial charge is 0.468 e. The molecule has 0 saturated heterocycles. The standard InChI is InChI=1S/C38H34N6O5/c1-48-35(45)30-20-21-39-25-33(30)42-37(47)41-31-19-18-29(44-23-22-40-34(31)44)24-32(36(46)49-2)43-38(26-12-6-3-7-13-26,27-14-8-4-9-15-27)28-16-10-5-11-17-28/h3-23,25,32,43H,24H2,1-2H3,(H2,41,42,47)/t32-/m0/s1. The summed E-state index contributed by atoms with van der Waals surface area (Å²) in [6.07, 6.45) is 6.39. The first-order valence-corrected chi connectivity index (χ1v) is 15.5. The van der Waals surface area contributed by atoms with Crippen molar-refractivity contribution in [1.29, 1.82) is 0 Å². The number of hydrogen-bond donors (Lipinski definition) is 3. The van der Waals surface area contributed by atoms with Gasteiger partial charge in [0.25, 0.3) is 0 Å². The lowest BCUT2D eigenvalue weighted by molar-refractivity contribution is -0.143. The fourth-order valence-corrected chi connectivity index (χ4v) is 6.01. The van der Waals surface area contributed by atoms with Crippen LogP contribution in [0.1, 0.15) is 32.7 Å². The van der Waals surface area contributed by atoms with Gasteiger partial charge in [0.2, 0.25) is 0 Å². The molecule has 11 heteroatoms. The number of nitrogens with one attached hydrogen (secondary N) is 3. The van der Waals surface area contributed by atoms with Crippen molar-refractivity contribution < 1.29 is 23.9 Å². The van der Waals surface area contributed by atoms with Crippen LogP contribution in [0.25, 0.3) is 5.65 Å². The van der Waals surface area contributed by atoms with Crippen LogP contribution in [0.3, 0.4) is 0 Å². The topological polar surface area (TPSA) is 136 Å². The predicted octanol–water partition coefficient (Wildman–Crippen LogP) is 5.83. The molecule has 11 nitrogen and oxygen atoms in total. The van der Waals surface area contributed by atoms with Crippen molar-refractivity contribution >= 4 is 35.0 Å². The fraction of sp³-hybridized carbons (Fsp3) is 0.132. The van der Waals surface area contributed by atoms with Crippen molar-refractivity contribution in [2.75, 3.05) is 24.9 Å². The molecule has 49 heavy (non-hydrogen) atoms. The molecule has 3 aromatic heterocycles. The Morgan fingerprint density at radius 3 is 1.90 bits per heavy atom. The third-order valence-electron chi connectivity index (χ3n) is 8.27. The van der Waals surface area contributed by atoms with Gasteiger partial charge < -0.3 is 24.5 Å². The molecule has 0 aliphatic rings. The second-order valence-corrected chi connectivity index (χ2v) is 11.1. The Hall–Kier alpha value is -6.33. The number of ether oxygens (including phenoxy) is 2. The number of hydrogen-bond acceptors (Lipinski definition) is 8. The van der Waals surface area contributed by atoms with E-state index in [4.69, 9.17) is 9.47 Å². The Labute approximate surface area is 282 Å². The van der Waals surface area contributed by atoms with Crippen LogP contribution in [0.2, 0.25) is 0 Å². The van der Waals surface area contributed by atoms with Crippen LogP contribution < -0.4 is 16.0 Å². The van der Waals surface area contributed by atoms with E-state index in [2.05, 4.69) is 25.9 Å². The molecule has 0 saturated carbocycles. The number of anilines is 2. The van der Waals surface area contributed by atoms with Crippen LogP contribution >= 0.6 is 0 Å². The monoisotopic (exact) mass is 654 g/mol.